The zero-order valence-corrected chi connectivity index (χ0v) is 16.3. The van der Waals surface area contributed by atoms with Gasteiger partial charge in [-0.05, 0) is 43.9 Å². The van der Waals surface area contributed by atoms with Crippen LogP contribution in [-0.2, 0) is 6.42 Å². The van der Waals surface area contributed by atoms with Gasteiger partial charge in [0.05, 0.1) is 30.5 Å². The van der Waals surface area contributed by atoms with E-state index in [1.54, 1.807) is 12.3 Å². The largest absolute Gasteiger partial charge is 0.496 e. The number of amides is 1. The van der Waals surface area contributed by atoms with E-state index in [4.69, 9.17) is 9.84 Å². The molecule has 0 aliphatic rings. The smallest absolute Gasteiger partial charge is 0.335 e. The van der Waals surface area contributed by atoms with E-state index in [1.165, 1.54) is 19.2 Å². The molecule has 27 heavy (non-hydrogen) atoms. The van der Waals surface area contributed by atoms with Gasteiger partial charge in [0.1, 0.15) is 5.75 Å². The molecule has 0 aliphatic carbocycles. The number of benzene rings is 1. The number of carboxylic acids is 1. The molecule has 146 valence electrons. The maximum Gasteiger partial charge on any atom is 0.335 e. The second-order valence-corrected chi connectivity index (χ2v) is 6.40. The van der Waals surface area contributed by atoms with Crippen molar-refractivity contribution in [1.82, 2.24) is 15.1 Å². The van der Waals surface area contributed by atoms with Gasteiger partial charge in [0.2, 0.25) is 0 Å². The van der Waals surface area contributed by atoms with Crippen LogP contribution in [0.15, 0.2) is 24.4 Å². The molecule has 0 bridgehead atoms. The first-order valence-corrected chi connectivity index (χ1v) is 9.15. The lowest BCUT2D eigenvalue weighted by Crippen LogP contribution is -2.26. The minimum atomic E-state index is -1.00. The number of rotatable bonds is 9. The summed E-state index contributed by atoms with van der Waals surface area (Å²) in [6.45, 7) is 6.54. The molecule has 7 heteroatoms. The van der Waals surface area contributed by atoms with E-state index < -0.39 is 5.97 Å². The average molecular weight is 373 g/mol. The molecule has 2 rings (SSSR count). The Labute approximate surface area is 159 Å². The van der Waals surface area contributed by atoms with E-state index in [2.05, 4.69) is 24.3 Å². The summed E-state index contributed by atoms with van der Waals surface area (Å²) in [7, 11) is 1.50. The number of hydrogen-bond acceptors (Lipinski definition) is 4. The summed E-state index contributed by atoms with van der Waals surface area (Å²) in [4.78, 5) is 23.5. The summed E-state index contributed by atoms with van der Waals surface area (Å²) < 4.78 is 7.18. The molecular formula is C20H27N3O4. The van der Waals surface area contributed by atoms with Gasteiger partial charge in [-0.1, -0.05) is 19.9 Å². The number of hydrogen-bond donors (Lipinski definition) is 2. The molecule has 1 heterocycles. The number of nitrogens with one attached hydrogen (secondary N) is 1. The Morgan fingerprint density at radius 3 is 2.59 bits per heavy atom. The SMILES string of the molecule is CCC(CC)n1ncc(C(=O)NCCc2ccc(C(=O)O)cc2OC)c1C. The monoisotopic (exact) mass is 373 g/mol. The average Bonchev–Trinajstić information content (AvgIpc) is 3.04. The molecule has 1 amide bonds. The molecule has 1 aromatic carbocycles. The molecular weight excluding hydrogens is 346 g/mol. The van der Waals surface area contributed by atoms with Crippen LogP contribution >= 0.6 is 0 Å². The van der Waals surface area contributed by atoms with E-state index in [1.807, 2.05) is 11.6 Å². The lowest BCUT2D eigenvalue weighted by molar-refractivity contribution is 0.0696. The highest BCUT2D eigenvalue weighted by atomic mass is 16.5. The summed E-state index contributed by atoms with van der Waals surface area (Å²) in [6, 6.07) is 5.03. The maximum absolute atomic E-state index is 12.5. The van der Waals surface area contributed by atoms with Crippen LogP contribution in [0.1, 0.15) is 64.7 Å². The summed E-state index contributed by atoms with van der Waals surface area (Å²) in [5, 5.41) is 16.3. The zero-order valence-electron chi connectivity index (χ0n) is 16.3. The van der Waals surface area contributed by atoms with E-state index in [9.17, 15) is 9.59 Å². The van der Waals surface area contributed by atoms with Gasteiger partial charge in [-0.15, -0.1) is 0 Å². The van der Waals surface area contributed by atoms with Crippen LogP contribution in [0.25, 0.3) is 0 Å². The number of methoxy groups -OCH3 is 1. The van der Waals surface area contributed by atoms with Gasteiger partial charge >= 0.3 is 5.97 Å². The Morgan fingerprint density at radius 2 is 2.00 bits per heavy atom. The van der Waals surface area contributed by atoms with Crippen molar-refractivity contribution < 1.29 is 19.4 Å². The van der Waals surface area contributed by atoms with Gasteiger partial charge < -0.3 is 15.2 Å². The number of nitrogens with zero attached hydrogens (tertiary/aromatic N) is 2. The minimum Gasteiger partial charge on any atom is -0.496 e. The van der Waals surface area contributed by atoms with Gasteiger partial charge in [0, 0.05) is 12.2 Å². The van der Waals surface area contributed by atoms with Crippen LogP contribution in [0.3, 0.4) is 0 Å². The third-order valence-electron chi connectivity index (χ3n) is 4.79. The highest BCUT2D eigenvalue weighted by molar-refractivity contribution is 5.95. The van der Waals surface area contributed by atoms with Crippen molar-refractivity contribution in [2.75, 3.05) is 13.7 Å². The molecule has 2 N–H and O–H groups in total. The molecule has 0 fully saturated rings. The number of aromatic carboxylic acids is 1. The highest BCUT2D eigenvalue weighted by Gasteiger charge is 2.18. The Kier molecular flexibility index (Phi) is 6.98. The molecule has 0 spiro atoms. The minimum absolute atomic E-state index is 0.161. The van der Waals surface area contributed by atoms with E-state index in [0.717, 1.165) is 24.1 Å². The van der Waals surface area contributed by atoms with Crippen molar-refractivity contribution in [2.45, 2.75) is 46.1 Å². The second kappa shape index (κ2) is 9.21. The van der Waals surface area contributed by atoms with Crippen molar-refractivity contribution in [2.24, 2.45) is 0 Å². The standard InChI is InChI=1S/C20H27N3O4/c1-5-16(6-2)23-13(3)17(12-22-23)19(24)21-10-9-14-7-8-15(20(25)26)11-18(14)27-4/h7-8,11-12,16H,5-6,9-10H2,1-4H3,(H,21,24)(H,25,26). The Morgan fingerprint density at radius 1 is 1.30 bits per heavy atom. The lowest BCUT2D eigenvalue weighted by atomic mass is 10.1. The van der Waals surface area contributed by atoms with Gasteiger partial charge in [-0.25, -0.2) is 4.79 Å². The molecule has 0 radical (unpaired) electrons. The first kappa shape index (κ1) is 20.5. The van der Waals surface area contributed by atoms with Crippen LogP contribution in [0.4, 0.5) is 0 Å². The zero-order chi connectivity index (χ0) is 20.0. The predicted molar refractivity (Wildman–Crippen MR) is 103 cm³/mol. The van der Waals surface area contributed by atoms with Crippen LogP contribution in [-0.4, -0.2) is 40.4 Å². The third-order valence-corrected chi connectivity index (χ3v) is 4.79. The third kappa shape index (κ3) is 4.67. The van der Waals surface area contributed by atoms with E-state index >= 15 is 0 Å². The normalized spacial score (nSPS) is 10.9. The molecule has 7 nitrogen and oxygen atoms in total. The molecule has 2 aromatic rings. The molecule has 0 aliphatic heterocycles. The van der Waals surface area contributed by atoms with Crippen LogP contribution in [0.5, 0.6) is 5.75 Å². The fourth-order valence-corrected chi connectivity index (χ4v) is 3.14. The van der Waals surface area contributed by atoms with Crippen LogP contribution in [0, 0.1) is 6.92 Å². The van der Waals surface area contributed by atoms with Gasteiger partial charge in [-0.2, -0.15) is 5.10 Å². The summed E-state index contributed by atoms with van der Waals surface area (Å²) >= 11 is 0. The number of ether oxygens (including phenoxy) is 1. The molecule has 0 atom stereocenters. The molecule has 1 aromatic heterocycles. The molecule has 0 saturated heterocycles. The van der Waals surface area contributed by atoms with Crippen molar-refractivity contribution >= 4 is 11.9 Å². The number of aromatic nitrogens is 2. The predicted octanol–water partition coefficient (Wildman–Crippen LogP) is 3.23. The van der Waals surface area contributed by atoms with Crippen LogP contribution < -0.4 is 10.1 Å². The number of carboxylic acid groups (broad SMARTS) is 1. The Bertz CT molecular complexity index is 810. The van der Waals surface area contributed by atoms with Crippen molar-refractivity contribution in [3.63, 3.8) is 0 Å². The van der Waals surface area contributed by atoms with Crippen molar-refractivity contribution in [3.05, 3.63) is 46.8 Å². The second-order valence-electron chi connectivity index (χ2n) is 6.40. The van der Waals surface area contributed by atoms with E-state index in [-0.39, 0.29) is 11.5 Å². The van der Waals surface area contributed by atoms with Gasteiger partial charge in [0.25, 0.3) is 5.91 Å². The summed E-state index contributed by atoms with van der Waals surface area (Å²) in [5.74, 6) is -0.661. The van der Waals surface area contributed by atoms with Crippen LogP contribution in [0.2, 0.25) is 0 Å². The molecule has 0 saturated carbocycles. The fourth-order valence-electron chi connectivity index (χ4n) is 3.14. The van der Waals surface area contributed by atoms with Crippen molar-refractivity contribution in [1.29, 1.82) is 0 Å². The van der Waals surface area contributed by atoms with E-state index in [0.29, 0.717) is 30.3 Å². The number of carbonyl (C=O) groups excluding carboxylic acids is 1. The van der Waals surface area contributed by atoms with Crippen molar-refractivity contribution in [3.8, 4) is 5.75 Å². The summed E-state index contributed by atoms with van der Waals surface area (Å²) in [6.07, 6.45) is 4.08. The quantitative estimate of drug-likeness (QED) is 0.704. The first-order chi connectivity index (χ1) is 12.9. The fraction of sp³-hybridized carbons (Fsp3) is 0.450. The Balaban J connectivity index is 2.02. The highest BCUT2D eigenvalue weighted by Crippen LogP contribution is 2.21. The Hall–Kier alpha value is -2.83. The maximum atomic E-state index is 12.5. The summed E-state index contributed by atoms with van der Waals surface area (Å²) in [5.41, 5.74) is 2.45. The van der Waals surface area contributed by atoms with Gasteiger partial charge in [-0.3, -0.25) is 9.48 Å². The first-order valence-electron chi connectivity index (χ1n) is 9.15. The lowest BCUT2D eigenvalue weighted by Gasteiger charge is -2.15. The number of carbonyl (C=O) groups is 2. The topological polar surface area (TPSA) is 93.5 Å². The van der Waals surface area contributed by atoms with Gasteiger partial charge in [0.15, 0.2) is 0 Å². The molecule has 0 unspecified atom stereocenters.